The third kappa shape index (κ3) is 3.71. The Morgan fingerprint density at radius 3 is 2.82 bits per heavy atom. The highest BCUT2D eigenvalue weighted by atomic mass is 79.9. The van der Waals surface area contributed by atoms with Crippen molar-refractivity contribution in [2.24, 2.45) is 0 Å². The number of benzene rings is 1. The van der Waals surface area contributed by atoms with Gasteiger partial charge in [0.1, 0.15) is 16.4 Å². The zero-order valence-corrected chi connectivity index (χ0v) is 16.5. The number of nitriles is 1. The van der Waals surface area contributed by atoms with Crippen molar-refractivity contribution < 1.29 is 9.72 Å². The van der Waals surface area contributed by atoms with Crippen molar-refractivity contribution in [1.29, 1.82) is 5.26 Å². The molecule has 0 aliphatic heterocycles. The van der Waals surface area contributed by atoms with Crippen LogP contribution in [-0.4, -0.2) is 25.6 Å². The van der Waals surface area contributed by atoms with Crippen LogP contribution in [0.25, 0.3) is 5.82 Å². The third-order valence-corrected chi connectivity index (χ3v) is 4.42. The lowest BCUT2D eigenvalue weighted by Crippen LogP contribution is -2.19. The van der Waals surface area contributed by atoms with E-state index < -0.39 is 10.8 Å². The molecule has 3 aromatic rings. The van der Waals surface area contributed by atoms with Gasteiger partial charge in [-0.1, -0.05) is 11.6 Å². The predicted molar refractivity (Wildman–Crippen MR) is 105 cm³/mol. The maximum absolute atomic E-state index is 12.9. The average Bonchev–Trinajstić information content (AvgIpc) is 3.04. The topological polar surface area (TPSA) is 127 Å². The van der Waals surface area contributed by atoms with Gasteiger partial charge in [0.15, 0.2) is 5.82 Å². The molecule has 0 atom stereocenters. The quantitative estimate of drug-likeness (QED) is 0.462. The highest BCUT2D eigenvalue weighted by Crippen LogP contribution is 2.28. The third-order valence-electron chi connectivity index (χ3n) is 3.74. The molecular formula is C17H10BrClN6O3. The summed E-state index contributed by atoms with van der Waals surface area (Å²) in [5.41, 5.74) is 0.393. The number of hydrogen-bond donors (Lipinski definition) is 1. The molecule has 3 rings (SSSR count). The van der Waals surface area contributed by atoms with Crippen LogP contribution in [0, 0.1) is 28.4 Å². The fourth-order valence-electron chi connectivity index (χ4n) is 2.51. The van der Waals surface area contributed by atoms with Crippen LogP contribution in [0.3, 0.4) is 0 Å². The van der Waals surface area contributed by atoms with Gasteiger partial charge in [-0.05, 0) is 40.5 Å². The molecule has 0 unspecified atom stereocenters. The van der Waals surface area contributed by atoms with Crippen molar-refractivity contribution in [3.8, 4) is 11.9 Å². The molecule has 0 aliphatic carbocycles. The van der Waals surface area contributed by atoms with E-state index in [0.29, 0.717) is 10.2 Å². The second kappa shape index (κ2) is 7.75. The van der Waals surface area contributed by atoms with Crippen molar-refractivity contribution in [2.75, 3.05) is 5.32 Å². The van der Waals surface area contributed by atoms with E-state index in [1.54, 1.807) is 19.1 Å². The van der Waals surface area contributed by atoms with Gasteiger partial charge < -0.3 is 5.32 Å². The number of halogens is 2. The van der Waals surface area contributed by atoms with Crippen molar-refractivity contribution in [2.45, 2.75) is 6.92 Å². The number of pyridine rings is 1. The van der Waals surface area contributed by atoms with Gasteiger partial charge >= 0.3 is 0 Å². The molecule has 9 nitrogen and oxygen atoms in total. The summed E-state index contributed by atoms with van der Waals surface area (Å²) in [6.45, 7) is 1.56. The number of aromatic nitrogens is 3. The molecule has 0 saturated heterocycles. The Morgan fingerprint density at radius 2 is 2.18 bits per heavy atom. The van der Waals surface area contributed by atoms with E-state index in [9.17, 15) is 20.2 Å². The summed E-state index contributed by atoms with van der Waals surface area (Å²) in [6.07, 6.45) is 1.51. The van der Waals surface area contributed by atoms with Crippen molar-refractivity contribution >= 4 is 44.8 Å². The molecular weight excluding hydrogens is 452 g/mol. The van der Waals surface area contributed by atoms with Crippen LogP contribution < -0.4 is 5.32 Å². The Morgan fingerprint density at radius 1 is 1.43 bits per heavy atom. The monoisotopic (exact) mass is 460 g/mol. The van der Waals surface area contributed by atoms with Crippen molar-refractivity contribution in [3.05, 3.63) is 73.1 Å². The summed E-state index contributed by atoms with van der Waals surface area (Å²) in [5, 5.41) is 27.4. The van der Waals surface area contributed by atoms with E-state index in [-0.39, 0.29) is 33.5 Å². The number of non-ortho nitro benzene ring substituents is 1. The van der Waals surface area contributed by atoms with Crippen LogP contribution in [-0.2, 0) is 0 Å². The lowest BCUT2D eigenvalue weighted by atomic mass is 10.1. The second-order valence-electron chi connectivity index (χ2n) is 5.58. The summed E-state index contributed by atoms with van der Waals surface area (Å²) in [6, 6.07) is 8.96. The predicted octanol–water partition coefficient (Wildman–Crippen LogP) is 4.02. The molecule has 1 amide bonds. The Labute approximate surface area is 171 Å². The minimum Gasteiger partial charge on any atom is -0.319 e. The van der Waals surface area contributed by atoms with Gasteiger partial charge in [0.05, 0.1) is 21.2 Å². The number of carbonyl (C=O) groups excluding carboxylic acids is 1. The van der Waals surface area contributed by atoms with Gasteiger partial charge in [0.2, 0.25) is 0 Å². The highest BCUT2D eigenvalue weighted by molar-refractivity contribution is 9.10. The normalized spacial score (nSPS) is 10.4. The van der Waals surface area contributed by atoms with Crippen LogP contribution >= 0.6 is 27.5 Å². The summed E-state index contributed by atoms with van der Waals surface area (Å²) in [7, 11) is 0. The first-order chi connectivity index (χ1) is 13.3. The van der Waals surface area contributed by atoms with Gasteiger partial charge in [-0.3, -0.25) is 14.9 Å². The first-order valence-corrected chi connectivity index (χ1v) is 8.86. The van der Waals surface area contributed by atoms with E-state index in [4.69, 9.17) is 11.6 Å². The number of aryl methyl sites for hydroxylation is 1. The molecule has 2 aromatic heterocycles. The number of rotatable bonds is 4. The van der Waals surface area contributed by atoms with E-state index in [1.807, 2.05) is 6.07 Å². The molecule has 1 N–H and O–H groups in total. The maximum atomic E-state index is 12.9. The zero-order chi connectivity index (χ0) is 20.4. The molecule has 0 bridgehead atoms. The van der Waals surface area contributed by atoms with Crippen molar-refractivity contribution in [1.82, 2.24) is 14.8 Å². The minimum absolute atomic E-state index is 0.0268. The van der Waals surface area contributed by atoms with Crippen LogP contribution in [0.5, 0.6) is 0 Å². The molecule has 11 heteroatoms. The van der Waals surface area contributed by atoms with E-state index in [2.05, 4.69) is 31.3 Å². The van der Waals surface area contributed by atoms with Gasteiger partial charge in [-0.25, -0.2) is 9.67 Å². The Hall–Kier alpha value is -3.29. The Balaban J connectivity index is 2.03. The van der Waals surface area contributed by atoms with Crippen LogP contribution in [0.4, 0.5) is 11.4 Å². The molecule has 0 aliphatic rings. The summed E-state index contributed by atoms with van der Waals surface area (Å²) in [4.78, 5) is 27.4. The van der Waals surface area contributed by atoms with Gasteiger partial charge in [-0.2, -0.15) is 10.4 Å². The molecule has 0 spiro atoms. The standard InChI is InChI=1S/C17H10BrClN6O3/c1-9-5-11(25(27)28)6-10(8-20)15(9)22-17(26)13-7-14(18)23-24(13)16-12(19)3-2-4-21-16/h2-7H,1H3,(H,22,26). The number of nitro groups is 1. The number of amides is 1. The Bertz CT molecular complexity index is 1150. The molecule has 0 radical (unpaired) electrons. The van der Waals surface area contributed by atoms with Crippen LogP contribution in [0.1, 0.15) is 21.6 Å². The summed E-state index contributed by atoms with van der Waals surface area (Å²) in [5.74, 6) is -0.339. The number of nitrogens with zero attached hydrogens (tertiary/aromatic N) is 5. The average molecular weight is 462 g/mol. The number of nitrogens with one attached hydrogen (secondary N) is 1. The van der Waals surface area contributed by atoms with E-state index in [0.717, 1.165) is 6.07 Å². The van der Waals surface area contributed by atoms with Crippen molar-refractivity contribution in [3.63, 3.8) is 0 Å². The fraction of sp³-hybridized carbons (Fsp3) is 0.0588. The highest BCUT2D eigenvalue weighted by Gasteiger charge is 2.21. The number of anilines is 1. The molecule has 0 saturated carbocycles. The first kappa shape index (κ1) is 19.5. The smallest absolute Gasteiger partial charge is 0.274 e. The lowest BCUT2D eigenvalue weighted by molar-refractivity contribution is -0.384. The second-order valence-corrected chi connectivity index (χ2v) is 6.80. The maximum Gasteiger partial charge on any atom is 0.274 e. The number of nitro benzene ring substituents is 1. The summed E-state index contributed by atoms with van der Waals surface area (Å²) < 4.78 is 1.63. The largest absolute Gasteiger partial charge is 0.319 e. The molecule has 0 fully saturated rings. The molecule has 1 aromatic carbocycles. The first-order valence-electron chi connectivity index (χ1n) is 7.68. The SMILES string of the molecule is Cc1cc([N+](=O)[O-])cc(C#N)c1NC(=O)c1cc(Br)nn1-c1ncccc1Cl. The number of hydrogen-bond acceptors (Lipinski definition) is 6. The lowest BCUT2D eigenvalue weighted by Gasteiger charge is -2.11. The summed E-state index contributed by atoms with van der Waals surface area (Å²) >= 11 is 9.36. The molecule has 28 heavy (non-hydrogen) atoms. The Kier molecular flexibility index (Phi) is 5.39. The van der Waals surface area contributed by atoms with E-state index in [1.165, 1.54) is 23.0 Å². The van der Waals surface area contributed by atoms with Crippen LogP contribution in [0.15, 0.2) is 41.1 Å². The molecule has 2 heterocycles. The van der Waals surface area contributed by atoms with Gasteiger partial charge in [0.25, 0.3) is 11.6 Å². The van der Waals surface area contributed by atoms with Crippen LogP contribution in [0.2, 0.25) is 5.02 Å². The zero-order valence-electron chi connectivity index (χ0n) is 14.2. The van der Waals surface area contributed by atoms with Gasteiger partial charge in [0, 0.05) is 24.4 Å². The molecule has 140 valence electrons. The van der Waals surface area contributed by atoms with Gasteiger partial charge in [-0.15, -0.1) is 0 Å². The van der Waals surface area contributed by atoms with E-state index >= 15 is 0 Å². The minimum atomic E-state index is -0.602. The number of carbonyl (C=O) groups is 1. The fourth-order valence-corrected chi connectivity index (χ4v) is 3.09.